The van der Waals surface area contributed by atoms with Crippen molar-refractivity contribution in [2.24, 2.45) is 5.92 Å². The van der Waals surface area contributed by atoms with Crippen LogP contribution in [0.2, 0.25) is 0 Å². The fourth-order valence-electron chi connectivity index (χ4n) is 3.58. The van der Waals surface area contributed by atoms with Gasteiger partial charge in [-0.25, -0.2) is 0 Å². The first kappa shape index (κ1) is 16.8. The van der Waals surface area contributed by atoms with Crippen molar-refractivity contribution in [3.8, 4) is 11.5 Å². The number of aromatic nitrogens is 1. The highest BCUT2D eigenvalue weighted by Crippen LogP contribution is 2.30. The van der Waals surface area contributed by atoms with E-state index in [9.17, 15) is 0 Å². The van der Waals surface area contributed by atoms with Crippen molar-refractivity contribution < 1.29 is 14.0 Å². The molecule has 1 aromatic heterocycles. The minimum atomic E-state index is 0.492. The van der Waals surface area contributed by atoms with Crippen LogP contribution in [0.5, 0.6) is 11.5 Å². The summed E-state index contributed by atoms with van der Waals surface area (Å²) in [6.07, 6.45) is 4.63. The highest BCUT2D eigenvalue weighted by Gasteiger charge is 2.28. The lowest BCUT2D eigenvalue weighted by molar-refractivity contribution is 0.327. The first-order chi connectivity index (χ1) is 11.7. The van der Waals surface area contributed by atoms with Crippen LogP contribution in [0.15, 0.2) is 28.8 Å². The summed E-state index contributed by atoms with van der Waals surface area (Å²) in [6, 6.07) is 8.45. The van der Waals surface area contributed by atoms with Crippen molar-refractivity contribution >= 4 is 0 Å². The maximum atomic E-state index is 5.47. The van der Waals surface area contributed by atoms with Gasteiger partial charge in [-0.15, -0.1) is 0 Å². The van der Waals surface area contributed by atoms with Gasteiger partial charge in [-0.05, 0) is 43.9 Å². The van der Waals surface area contributed by atoms with Gasteiger partial charge in [-0.3, -0.25) is 0 Å². The minimum Gasteiger partial charge on any atom is -0.497 e. The number of hydrogen-bond donors (Lipinski definition) is 1. The quantitative estimate of drug-likeness (QED) is 0.842. The number of nitrogens with zero attached hydrogens (tertiary/aromatic N) is 1. The van der Waals surface area contributed by atoms with Gasteiger partial charge in [0.05, 0.1) is 19.9 Å². The predicted molar refractivity (Wildman–Crippen MR) is 92.5 cm³/mol. The SMILES string of the molecule is COc1ccc(OC)c(CN[C@@H]2CCC[C@H]2Cc2cc(C)no2)c1. The van der Waals surface area contributed by atoms with Gasteiger partial charge in [0.2, 0.25) is 0 Å². The zero-order valence-corrected chi connectivity index (χ0v) is 14.7. The monoisotopic (exact) mass is 330 g/mol. The average Bonchev–Trinajstić information content (AvgIpc) is 3.21. The van der Waals surface area contributed by atoms with Crippen LogP contribution in [0, 0.1) is 12.8 Å². The molecule has 1 heterocycles. The van der Waals surface area contributed by atoms with Crippen LogP contribution in [0.3, 0.4) is 0 Å². The smallest absolute Gasteiger partial charge is 0.137 e. The van der Waals surface area contributed by atoms with E-state index in [1.165, 1.54) is 19.3 Å². The molecule has 0 amide bonds. The second-order valence-electron chi connectivity index (χ2n) is 6.49. The number of aryl methyl sites for hydroxylation is 1. The Bertz CT molecular complexity index is 668. The molecule has 1 aromatic carbocycles. The normalized spacial score (nSPS) is 20.3. The van der Waals surface area contributed by atoms with E-state index < -0.39 is 0 Å². The Morgan fingerprint density at radius 1 is 1.21 bits per heavy atom. The van der Waals surface area contributed by atoms with E-state index >= 15 is 0 Å². The predicted octanol–water partition coefficient (Wildman–Crippen LogP) is 3.50. The Hall–Kier alpha value is -2.01. The molecule has 0 aliphatic heterocycles. The molecule has 5 heteroatoms. The van der Waals surface area contributed by atoms with Crippen LogP contribution >= 0.6 is 0 Å². The van der Waals surface area contributed by atoms with Gasteiger partial charge < -0.3 is 19.3 Å². The molecule has 130 valence electrons. The highest BCUT2D eigenvalue weighted by atomic mass is 16.5. The summed E-state index contributed by atoms with van der Waals surface area (Å²) in [5.41, 5.74) is 2.08. The summed E-state index contributed by atoms with van der Waals surface area (Å²) >= 11 is 0. The summed E-state index contributed by atoms with van der Waals surface area (Å²) in [4.78, 5) is 0. The van der Waals surface area contributed by atoms with Gasteiger partial charge in [0, 0.05) is 30.6 Å². The Labute approximate surface area is 143 Å². The lowest BCUT2D eigenvalue weighted by Gasteiger charge is -2.21. The summed E-state index contributed by atoms with van der Waals surface area (Å²) < 4.78 is 16.2. The molecule has 1 fully saturated rings. The van der Waals surface area contributed by atoms with E-state index in [4.69, 9.17) is 14.0 Å². The second-order valence-corrected chi connectivity index (χ2v) is 6.49. The average molecular weight is 330 g/mol. The van der Waals surface area contributed by atoms with Crippen LogP contribution in [0.25, 0.3) is 0 Å². The fourth-order valence-corrected chi connectivity index (χ4v) is 3.58. The lowest BCUT2D eigenvalue weighted by atomic mass is 9.97. The second kappa shape index (κ2) is 7.71. The van der Waals surface area contributed by atoms with Crippen molar-refractivity contribution in [1.82, 2.24) is 10.5 Å². The first-order valence-electron chi connectivity index (χ1n) is 8.56. The van der Waals surface area contributed by atoms with Crippen LogP contribution in [-0.2, 0) is 13.0 Å². The summed E-state index contributed by atoms with van der Waals surface area (Å²) in [5, 5.41) is 7.70. The molecular weight excluding hydrogens is 304 g/mol. The Morgan fingerprint density at radius 2 is 2.08 bits per heavy atom. The Balaban J connectivity index is 1.63. The van der Waals surface area contributed by atoms with E-state index in [-0.39, 0.29) is 0 Å². The van der Waals surface area contributed by atoms with Crippen LogP contribution < -0.4 is 14.8 Å². The molecule has 3 rings (SSSR count). The lowest BCUT2D eigenvalue weighted by Crippen LogP contribution is -2.33. The number of benzene rings is 1. The van der Waals surface area contributed by atoms with E-state index in [1.807, 2.05) is 31.2 Å². The third-order valence-electron chi connectivity index (χ3n) is 4.84. The zero-order valence-electron chi connectivity index (χ0n) is 14.7. The molecule has 2 aromatic rings. The number of rotatable bonds is 7. The molecule has 5 nitrogen and oxygen atoms in total. The zero-order chi connectivity index (χ0) is 16.9. The molecule has 1 N–H and O–H groups in total. The molecule has 1 aliphatic rings. The van der Waals surface area contributed by atoms with Gasteiger partial charge in [0.1, 0.15) is 17.3 Å². The van der Waals surface area contributed by atoms with Crippen molar-refractivity contribution in [1.29, 1.82) is 0 Å². The van der Waals surface area contributed by atoms with E-state index in [1.54, 1.807) is 14.2 Å². The fraction of sp³-hybridized carbons (Fsp3) is 0.526. The van der Waals surface area contributed by atoms with Crippen molar-refractivity contribution in [3.63, 3.8) is 0 Å². The molecule has 2 atom stereocenters. The number of ether oxygens (including phenoxy) is 2. The largest absolute Gasteiger partial charge is 0.497 e. The third kappa shape index (κ3) is 3.90. The van der Waals surface area contributed by atoms with Crippen molar-refractivity contribution in [3.05, 3.63) is 41.3 Å². The van der Waals surface area contributed by atoms with Gasteiger partial charge >= 0.3 is 0 Å². The summed E-state index contributed by atoms with van der Waals surface area (Å²) in [5.74, 6) is 3.33. The summed E-state index contributed by atoms with van der Waals surface area (Å²) in [7, 11) is 3.39. The Morgan fingerprint density at radius 3 is 2.79 bits per heavy atom. The van der Waals surface area contributed by atoms with E-state index in [0.29, 0.717) is 12.0 Å². The van der Waals surface area contributed by atoms with Gasteiger partial charge in [0.25, 0.3) is 0 Å². The molecule has 1 aliphatic carbocycles. The first-order valence-corrected chi connectivity index (χ1v) is 8.56. The topological polar surface area (TPSA) is 56.5 Å². The van der Waals surface area contributed by atoms with E-state index in [0.717, 1.165) is 41.5 Å². The molecule has 0 saturated heterocycles. The van der Waals surface area contributed by atoms with Crippen LogP contribution in [0.1, 0.15) is 36.3 Å². The van der Waals surface area contributed by atoms with Gasteiger partial charge in [-0.1, -0.05) is 11.6 Å². The molecular formula is C19H26N2O3. The molecule has 0 radical (unpaired) electrons. The molecule has 1 saturated carbocycles. The minimum absolute atomic E-state index is 0.492. The highest BCUT2D eigenvalue weighted by molar-refractivity contribution is 5.40. The molecule has 0 spiro atoms. The molecule has 0 bridgehead atoms. The van der Waals surface area contributed by atoms with E-state index in [2.05, 4.69) is 10.5 Å². The van der Waals surface area contributed by atoms with Crippen LogP contribution in [0.4, 0.5) is 0 Å². The maximum absolute atomic E-state index is 5.47. The number of hydrogen-bond acceptors (Lipinski definition) is 5. The number of nitrogens with one attached hydrogen (secondary N) is 1. The maximum Gasteiger partial charge on any atom is 0.137 e. The Kier molecular flexibility index (Phi) is 5.41. The molecule has 24 heavy (non-hydrogen) atoms. The summed E-state index contributed by atoms with van der Waals surface area (Å²) in [6.45, 7) is 2.74. The van der Waals surface area contributed by atoms with Crippen molar-refractivity contribution in [2.45, 2.75) is 45.2 Å². The van der Waals surface area contributed by atoms with Gasteiger partial charge in [0.15, 0.2) is 0 Å². The van der Waals surface area contributed by atoms with Crippen LogP contribution in [-0.4, -0.2) is 25.4 Å². The van der Waals surface area contributed by atoms with Gasteiger partial charge in [-0.2, -0.15) is 0 Å². The van der Waals surface area contributed by atoms with Crippen molar-refractivity contribution in [2.75, 3.05) is 14.2 Å². The molecule has 0 unspecified atom stereocenters. The third-order valence-corrected chi connectivity index (χ3v) is 4.84. The number of methoxy groups -OCH3 is 2. The standard InChI is InChI=1S/C19H26N2O3/c1-13-9-17(24-21-13)10-14-5-4-6-18(14)20-12-15-11-16(22-2)7-8-19(15)23-3/h7-9,11,14,18,20H,4-6,10,12H2,1-3H3/t14-,18+/m0/s1.